The number of halogens is 2. The molecule has 2 aliphatic heterocycles. The molecule has 2 aromatic heterocycles. The number of nitrogens with zero attached hydrogens (tertiary/aromatic N) is 2. The van der Waals surface area contributed by atoms with Gasteiger partial charge in [0.15, 0.2) is 5.58 Å². The summed E-state index contributed by atoms with van der Waals surface area (Å²) in [4.78, 5) is 32.4. The van der Waals surface area contributed by atoms with Crippen LogP contribution in [0.3, 0.4) is 0 Å². The maximum Gasteiger partial charge on any atom is 0.220 e. The molecule has 49 heavy (non-hydrogen) atoms. The van der Waals surface area contributed by atoms with Gasteiger partial charge in [0.05, 0.1) is 29.4 Å². The zero-order valence-electron chi connectivity index (χ0n) is 26.9. The molecule has 2 amide bonds. The normalized spacial score (nSPS) is 17.4. The van der Waals surface area contributed by atoms with Crippen molar-refractivity contribution >= 4 is 46.1 Å². The molecule has 0 bridgehead atoms. The first-order valence-corrected chi connectivity index (χ1v) is 17.1. The number of fused-ring (bicyclic) bond motifs is 1. The molecule has 10 nitrogen and oxygen atoms in total. The number of ether oxygens (including phenoxy) is 1. The fraction of sp³-hybridized carbons (Fsp3) is 0.297. The van der Waals surface area contributed by atoms with Crippen molar-refractivity contribution in [3.05, 3.63) is 88.2 Å². The molecule has 4 heterocycles. The summed E-state index contributed by atoms with van der Waals surface area (Å²) in [7, 11) is 1.60. The van der Waals surface area contributed by atoms with Gasteiger partial charge in [-0.3, -0.25) is 9.59 Å². The molecule has 3 aromatic carbocycles. The predicted octanol–water partition coefficient (Wildman–Crippen LogP) is 6.28. The van der Waals surface area contributed by atoms with E-state index < -0.39 is 0 Å². The van der Waals surface area contributed by atoms with Crippen molar-refractivity contribution in [2.75, 3.05) is 20.2 Å². The van der Waals surface area contributed by atoms with Crippen LogP contribution >= 0.6 is 23.2 Å². The molecular weight excluding hydrogens is 663 g/mol. The lowest BCUT2D eigenvalue weighted by molar-refractivity contribution is -0.120. The number of aromatic nitrogens is 2. The third kappa shape index (κ3) is 7.28. The van der Waals surface area contributed by atoms with Crippen LogP contribution in [0.4, 0.5) is 0 Å². The highest BCUT2D eigenvalue weighted by atomic mass is 35.5. The van der Waals surface area contributed by atoms with Gasteiger partial charge in [-0.25, -0.2) is 9.97 Å². The van der Waals surface area contributed by atoms with E-state index in [1.807, 2.05) is 66.7 Å². The number of hydrogen-bond donors (Lipinski definition) is 4. The third-order valence-corrected chi connectivity index (χ3v) is 9.80. The summed E-state index contributed by atoms with van der Waals surface area (Å²) in [6.07, 6.45) is 2.81. The van der Waals surface area contributed by atoms with Gasteiger partial charge >= 0.3 is 0 Å². The van der Waals surface area contributed by atoms with Crippen molar-refractivity contribution in [3.8, 4) is 39.4 Å². The number of carbonyl (C=O) groups excluding carboxylic acids is 2. The Morgan fingerprint density at radius 3 is 2.08 bits per heavy atom. The van der Waals surface area contributed by atoms with Crippen molar-refractivity contribution < 1.29 is 18.7 Å². The maximum atomic E-state index is 11.5. The van der Waals surface area contributed by atoms with Gasteiger partial charge in [0.25, 0.3) is 0 Å². The number of pyridine rings is 1. The van der Waals surface area contributed by atoms with E-state index >= 15 is 0 Å². The quantitative estimate of drug-likeness (QED) is 0.120. The molecule has 2 aliphatic rings. The van der Waals surface area contributed by atoms with E-state index in [0.29, 0.717) is 72.1 Å². The Bertz CT molecular complexity index is 2030. The molecule has 2 atom stereocenters. The fourth-order valence-corrected chi connectivity index (χ4v) is 7.10. The van der Waals surface area contributed by atoms with Crippen LogP contribution in [0.5, 0.6) is 5.88 Å². The average molecular weight is 700 g/mol. The molecule has 2 saturated heterocycles. The minimum absolute atomic E-state index is 0.0972. The van der Waals surface area contributed by atoms with Crippen LogP contribution in [-0.4, -0.2) is 54.1 Å². The largest absolute Gasteiger partial charge is 0.481 e. The van der Waals surface area contributed by atoms with Gasteiger partial charge in [-0.05, 0) is 36.6 Å². The second-order valence-electron chi connectivity index (χ2n) is 12.4. The molecule has 0 radical (unpaired) electrons. The monoisotopic (exact) mass is 698 g/mol. The van der Waals surface area contributed by atoms with Gasteiger partial charge in [0, 0.05) is 72.4 Å². The van der Waals surface area contributed by atoms with Gasteiger partial charge in [0.1, 0.15) is 5.52 Å². The van der Waals surface area contributed by atoms with E-state index in [1.54, 1.807) is 7.11 Å². The van der Waals surface area contributed by atoms with Crippen molar-refractivity contribution in [2.45, 2.75) is 50.9 Å². The molecule has 5 aromatic rings. The van der Waals surface area contributed by atoms with Crippen molar-refractivity contribution in [3.63, 3.8) is 0 Å². The Balaban J connectivity index is 1.09. The minimum Gasteiger partial charge on any atom is -0.481 e. The summed E-state index contributed by atoms with van der Waals surface area (Å²) in [5.74, 6) is 1.28. The highest BCUT2D eigenvalue weighted by molar-refractivity contribution is 6.39. The van der Waals surface area contributed by atoms with Gasteiger partial charge in [-0.15, -0.1) is 0 Å². The van der Waals surface area contributed by atoms with Crippen LogP contribution in [-0.2, 0) is 22.7 Å². The Labute approximate surface area is 293 Å². The van der Waals surface area contributed by atoms with E-state index in [2.05, 4.69) is 26.3 Å². The molecule has 0 saturated carbocycles. The second kappa shape index (κ2) is 14.6. The number of methoxy groups -OCH3 is 1. The van der Waals surface area contributed by atoms with E-state index in [0.717, 1.165) is 51.7 Å². The Morgan fingerprint density at radius 2 is 1.43 bits per heavy atom. The zero-order valence-corrected chi connectivity index (χ0v) is 28.5. The maximum absolute atomic E-state index is 11.5. The standard InChI is InChI=1S/C37H36Cl2N6O4/c1-48-37-22(17-40-18-23-10-14-32(46)42-23)9-12-29(45-37)28-7-3-6-27(36(28)39)26-5-2-4-25(35(26)38)21-8-13-30-31(16-21)49-34(44-30)20-41-19-24-11-15-33(47)43-24/h2-9,12-13,16,23-24,40-41H,10-11,14-15,17-20H2,1H3,(H,42,46)(H,43,47)/t23-,24-/m0/s1. The molecule has 252 valence electrons. The lowest BCUT2D eigenvalue weighted by Crippen LogP contribution is -2.35. The number of carbonyl (C=O) groups is 2. The average Bonchev–Trinajstić information content (AvgIpc) is 3.84. The Morgan fingerprint density at radius 1 is 0.796 bits per heavy atom. The van der Waals surface area contributed by atoms with E-state index in [9.17, 15) is 9.59 Å². The summed E-state index contributed by atoms with van der Waals surface area (Å²) < 4.78 is 11.7. The smallest absolute Gasteiger partial charge is 0.220 e. The molecule has 4 N–H and O–H groups in total. The Hall–Kier alpha value is -4.48. The summed E-state index contributed by atoms with van der Waals surface area (Å²) in [5.41, 5.74) is 7.06. The van der Waals surface area contributed by atoms with Gasteiger partial charge in [0.2, 0.25) is 23.6 Å². The highest BCUT2D eigenvalue weighted by Crippen LogP contribution is 2.42. The van der Waals surface area contributed by atoms with Crippen LogP contribution in [0.25, 0.3) is 44.6 Å². The van der Waals surface area contributed by atoms with Crippen LogP contribution in [0.15, 0.2) is 71.1 Å². The van der Waals surface area contributed by atoms with Crippen LogP contribution < -0.4 is 26.0 Å². The van der Waals surface area contributed by atoms with Crippen molar-refractivity contribution in [1.29, 1.82) is 0 Å². The van der Waals surface area contributed by atoms with E-state index in [4.69, 9.17) is 37.3 Å². The summed E-state index contributed by atoms with van der Waals surface area (Å²) >= 11 is 14.2. The van der Waals surface area contributed by atoms with Crippen LogP contribution in [0, 0.1) is 0 Å². The number of rotatable bonds is 12. The summed E-state index contributed by atoms with van der Waals surface area (Å²) in [5, 5.41) is 13.7. The van der Waals surface area contributed by atoms with Crippen LogP contribution in [0.2, 0.25) is 10.0 Å². The number of oxazole rings is 1. The number of nitrogens with one attached hydrogen (secondary N) is 4. The van der Waals surface area contributed by atoms with Crippen molar-refractivity contribution in [1.82, 2.24) is 31.2 Å². The third-order valence-electron chi connectivity index (χ3n) is 8.98. The minimum atomic E-state index is 0.0972. The van der Waals surface area contributed by atoms with Gasteiger partial charge in [-0.1, -0.05) is 71.7 Å². The molecule has 12 heteroatoms. The highest BCUT2D eigenvalue weighted by Gasteiger charge is 2.22. The topological polar surface area (TPSA) is 130 Å². The molecule has 2 fully saturated rings. The predicted molar refractivity (Wildman–Crippen MR) is 190 cm³/mol. The summed E-state index contributed by atoms with van der Waals surface area (Å²) in [6, 6.07) is 21.8. The lowest BCUT2D eigenvalue weighted by atomic mass is 9.96. The Kier molecular flexibility index (Phi) is 9.81. The first kappa shape index (κ1) is 33.0. The van der Waals surface area contributed by atoms with Crippen molar-refractivity contribution in [2.24, 2.45) is 0 Å². The first-order valence-electron chi connectivity index (χ1n) is 16.4. The number of hydrogen-bond acceptors (Lipinski definition) is 8. The molecule has 0 aliphatic carbocycles. The van der Waals surface area contributed by atoms with Crippen LogP contribution in [0.1, 0.15) is 37.1 Å². The molecule has 7 rings (SSSR count). The molecular formula is C37H36Cl2N6O4. The second-order valence-corrected chi connectivity index (χ2v) is 13.1. The van der Waals surface area contributed by atoms with Gasteiger partial charge < -0.3 is 30.4 Å². The fourth-order valence-electron chi connectivity index (χ4n) is 6.44. The van der Waals surface area contributed by atoms with Gasteiger partial charge in [-0.2, -0.15) is 0 Å². The number of benzene rings is 3. The van der Waals surface area contributed by atoms with E-state index in [1.165, 1.54) is 0 Å². The number of amides is 2. The molecule has 0 spiro atoms. The summed E-state index contributed by atoms with van der Waals surface area (Å²) in [6.45, 7) is 2.36. The zero-order chi connectivity index (χ0) is 33.9. The molecule has 0 unspecified atom stereocenters. The SMILES string of the molecule is COc1nc(-c2cccc(-c3cccc(-c4ccc5nc(CNC[C@@H]6CCC(=O)N6)oc5c4)c3Cl)c2Cl)ccc1CNC[C@@H]1CCC(=O)N1. The van der Waals surface area contributed by atoms with E-state index in [-0.39, 0.29) is 23.9 Å². The first-order chi connectivity index (χ1) is 23.9. The lowest BCUT2D eigenvalue weighted by Gasteiger charge is -2.15.